The smallest absolute Gasteiger partial charge is 0.273 e. The van der Waals surface area contributed by atoms with Crippen molar-refractivity contribution >= 4 is 34.0 Å². The van der Waals surface area contributed by atoms with Gasteiger partial charge in [-0.3, -0.25) is 4.79 Å². The molecule has 0 bridgehead atoms. The number of amides is 1. The van der Waals surface area contributed by atoms with Crippen LogP contribution in [0.3, 0.4) is 0 Å². The third kappa shape index (κ3) is 3.36. The minimum absolute atomic E-state index is 0.0366. The molecular weight excluding hydrogens is 306 g/mol. The van der Waals surface area contributed by atoms with Crippen molar-refractivity contribution < 1.29 is 4.79 Å². The summed E-state index contributed by atoms with van der Waals surface area (Å²) in [5.41, 5.74) is 1.55. The molecular formula is C15H16ClN3OS. The number of halogens is 1. The molecule has 1 aromatic carbocycles. The number of rotatable bonds is 4. The lowest BCUT2D eigenvalue weighted by Crippen LogP contribution is -2.27. The Morgan fingerprint density at radius 1 is 1.33 bits per heavy atom. The van der Waals surface area contributed by atoms with Gasteiger partial charge in [-0.05, 0) is 24.5 Å². The topological polar surface area (TPSA) is 45.2 Å². The first kappa shape index (κ1) is 14.4. The maximum Gasteiger partial charge on any atom is 0.273 e. The SMILES string of the molecule is O=C(c1csc(NCc2ccccc2Cl)n1)N1CCCC1. The van der Waals surface area contributed by atoms with Crippen LogP contribution in [0.5, 0.6) is 0 Å². The summed E-state index contributed by atoms with van der Waals surface area (Å²) in [6.07, 6.45) is 2.18. The third-order valence-electron chi connectivity index (χ3n) is 3.50. The molecule has 1 aliphatic rings. The molecule has 0 radical (unpaired) electrons. The Morgan fingerprint density at radius 3 is 2.86 bits per heavy atom. The number of benzene rings is 1. The van der Waals surface area contributed by atoms with Crippen molar-refractivity contribution in [2.24, 2.45) is 0 Å². The summed E-state index contributed by atoms with van der Waals surface area (Å²) < 4.78 is 0. The van der Waals surface area contributed by atoms with Crippen molar-refractivity contribution in [3.8, 4) is 0 Å². The largest absolute Gasteiger partial charge is 0.357 e. The Balaban J connectivity index is 1.62. The number of thiazole rings is 1. The van der Waals surface area contributed by atoms with E-state index in [4.69, 9.17) is 11.6 Å². The van der Waals surface area contributed by atoms with Crippen molar-refractivity contribution in [1.29, 1.82) is 0 Å². The van der Waals surface area contributed by atoms with Crippen LogP contribution >= 0.6 is 22.9 Å². The summed E-state index contributed by atoms with van der Waals surface area (Å²) >= 11 is 7.56. The summed E-state index contributed by atoms with van der Waals surface area (Å²) in [4.78, 5) is 18.5. The van der Waals surface area contributed by atoms with Crippen molar-refractivity contribution in [3.63, 3.8) is 0 Å². The fraction of sp³-hybridized carbons (Fsp3) is 0.333. The number of nitrogens with one attached hydrogen (secondary N) is 1. The minimum atomic E-state index is 0.0366. The standard InChI is InChI=1S/C15H16ClN3OS/c16-12-6-2-1-5-11(12)9-17-15-18-13(10-21-15)14(20)19-7-3-4-8-19/h1-2,5-6,10H,3-4,7-9H2,(H,17,18). The zero-order valence-electron chi connectivity index (χ0n) is 11.5. The average Bonchev–Trinajstić information content (AvgIpc) is 3.17. The maximum atomic E-state index is 12.2. The zero-order valence-corrected chi connectivity index (χ0v) is 13.1. The van der Waals surface area contributed by atoms with Gasteiger partial charge in [0.1, 0.15) is 5.69 Å². The van der Waals surface area contributed by atoms with Crippen molar-refractivity contribution in [1.82, 2.24) is 9.88 Å². The molecule has 0 unspecified atom stereocenters. The third-order valence-corrected chi connectivity index (χ3v) is 4.67. The van der Waals surface area contributed by atoms with Crippen molar-refractivity contribution in [2.45, 2.75) is 19.4 Å². The highest BCUT2D eigenvalue weighted by molar-refractivity contribution is 7.13. The second-order valence-corrected chi connectivity index (χ2v) is 6.25. The molecule has 1 fully saturated rings. The second kappa shape index (κ2) is 6.45. The summed E-state index contributed by atoms with van der Waals surface area (Å²) in [5, 5.41) is 6.51. The Kier molecular flexibility index (Phi) is 4.41. The number of aromatic nitrogens is 1. The van der Waals surface area contributed by atoms with Gasteiger partial charge in [-0.15, -0.1) is 11.3 Å². The molecule has 21 heavy (non-hydrogen) atoms. The number of anilines is 1. The van der Waals surface area contributed by atoms with Crippen LogP contribution in [-0.4, -0.2) is 28.9 Å². The van der Waals surface area contributed by atoms with Crippen molar-refractivity contribution in [3.05, 3.63) is 45.9 Å². The molecule has 0 spiro atoms. The first-order valence-corrected chi connectivity index (χ1v) is 8.22. The molecule has 1 aromatic heterocycles. The highest BCUT2D eigenvalue weighted by Crippen LogP contribution is 2.21. The van der Waals surface area contributed by atoms with E-state index < -0.39 is 0 Å². The van der Waals surface area contributed by atoms with Gasteiger partial charge in [0.05, 0.1) is 0 Å². The van der Waals surface area contributed by atoms with E-state index in [1.54, 1.807) is 0 Å². The molecule has 4 nitrogen and oxygen atoms in total. The molecule has 0 aliphatic carbocycles. The molecule has 0 saturated carbocycles. The average molecular weight is 322 g/mol. The van der Waals surface area contributed by atoms with Crippen LogP contribution < -0.4 is 5.32 Å². The lowest BCUT2D eigenvalue weighted by Gasteiger charge is -2.12. The fourth-order valence-electron chi connectivity index (χ4n) is 2.35. The summed E-state index contributed by atoms with van der Waals surface area (Å²) in [7, 11) is 0. The molecule has 2 aromatic rings. The molecule has 110 valence electrons. The van der Waals surface area contributed by atoms with E-state index in [0.29, 0.717) is 12.2 Å². The Labute approximate surface area is 132 Å². The van der Waals surface area contributed by atoms with Crippen LogP contribution in [0.25, 0.3) is 0 Å². The van der Waals surface area contributed by atoms with Gasteiger partial charge in [-0.1, -0.05) is 29.8 Å². The molecule has 2 heterocycles. The Hall–Kier alpha value is -1.59. The van der Waals surface area contributed by atoms with E-state index in [1.807, 2.05) is 34.5 Å². The highest BCUT2D eigenvalue weighted by atomic mass is 35.5. The van der Waals surface area contributed by atoms with E-state index in [2.05, 4.69) is 10.3 Å². The molecule has 1 N–H and O–H groups in total. The number of hydrogen-bond donors (Lipinski definition) is 1. The van der Waals surface area contributed by atoms with Crippen LogP contribution in [0.4, 0.5) is 5.13 Å². The van der Waals surface area contributed by atoms with Gasteiger partial charge < -0.3 is 10.2 Å². The first-order valence-electron chi connectivity index (χ1n) is 6.96. The van der Waals surface area contributed by atoms with Gasteiger partial charge in [0, 0.05) is 30.0 Å². The van der Waals surface area contributed by atoms with Crippen LogP contribution in [0.15, 0.2) is 29.6 Å². The fourth-order valence-corrected chi connectivity index (χ4v) is 3.23. The maximum absolute atomic E-state index is 12.2. The van der Waals surface area contributed by atoms with E-state index in [-0.39, 0.29) is 5.91 Å². The number of carbonyl (C=O) groups excluding carboxylic acids is 1. The molecule has 3 rings (SSSR count). The van der Waals surface area contributed by atoms with Gasteiger partial charge >= 0.3 is 0 Å². The van der Waals surface area contributed by atoms with E-state index >= 15 is 0 Å². The quantitative estimate of drug-likeness (QED) is 0.935. The summed E-state index contributed by atoms with van der Waals surface area (Å²) in [5.74, 6) is 0.0366. The van der Waals surface area contributed by atoms with Gasteiger partial charge in [0.15, 0.2) is 5.13 Å². The normalized spacial score (nSPS) is 14.4. The van der Waals surface area contributed by atoms with E-state index in [0.717, 1.165) is 41.6 Å². The van der Waals surface area contributed by atoms with Crippen LogP contribution in [0.2, 0.25) is 5.02 Å². The molecule has 1 aliphatic heterocycles. The van der Waals surface area contributed by atoms with E-state index in [1.165, 1.54) is 11.3 Å². The molecule has 0 atom stereocenters. The van der Waals surface area contributed by atoms with E-state index in [9.17, 15) is 4.79 Å². The lowest BCUT2D eigenvalue weighted by molar-refractivity contribution is 0.0788. The number of hydrogen-bond acceptors (Lipinski definition) is 4. The number of carbonyl (C=O) groups is 1. The zero-order chi connectivity index (χ0) is 14.7. The predicted molar refractivity (Wildman–Crippen MR) is 86.0 cm³/mol. The highest BCUT2D eigenvalue weighted by Gasteiger charge is 2.21. The molecule has 1 amide bonds. The first-order chi connectivity index (χ1) is 10.2. The van der Waals surface area contributed by atoms with Crippen molar-refractivity contribution in [2.75, 3.05) is 18.4 Å². The summed E-state index contributed by atoms with van der Waals surface area (Å²) in [6.45, 7) is 2.29. The lowest BCUT2D eigenvalue weighted by atomic mass is 10.2. The summed E-state index contributed by atoms with van der Waals surface area (Å²) in [6, 6.07) is 7.69. The number of likely N-dealkylation sites (tertiary alicyclic amines) is 1. The van der Waals surface area contributed by atoms with Crippen LogP contribution in [0.1, 0.15) is 28.9 Å². The van der Waals surface area contributed by atoms with Crippen LogP contribution in [-0.2, 0) is 6.54 Å². The molecule has 1 saturated heterocycles. The van der Waals surface area contributed by atoms with Gasteiger partial charge in [0.2, 0.25) is 0 Å². The number of nitrogens with zero attached hydrogens (tertiary/aromatic N) is 2. The van der Waals surface area contributed by atoms with Gasteiger partial charge in [-0.2, -0.15) is 0 Å². The van der Waals surface area contributed by atoms with Crippen LogP contribution in [0, 0.1) is 0 Å². The van der Waals surface area contributed by atoms with Gasteiger partial charge in [-0.25, -0.2) is 4.98 Å². The monoisotopic (exact) mass is 321 g/mol. The Morgan fingerprint density at radius 2 is 2.10 bits per heavy atom. The molecule has 6 heteroatoms. The minimum Gasteiger partial charge on any atom is -0.357 e. The second-order valence-electron chi connectivity index (χ2n) is 4.98. The van der Waals surface area contributed by atoms with Gasteiger partial charge in [0.25, 0.3) is 5.91 Å². The Bertz CT molecular complexity index is 637. The predicted octanol–water partition coefficient (Wildman–Crippen LogP) is 3.64.